The first-order chi connectivity index (χ1) is 12.8. The summed E-state index contributed by atoms with van der Waals surface area (Å²) in [7, 11) is 2.05. The standard InChI is InChI=1S/C20H35N5O2/c1-15(2)20(27)22-17-6-7-19(21-12-17)25-10-8-24(9-11-25)14-18(26)13-23(5)16(3)4/h6-7,12,15-16,18,26H,8-11,13-14H2,1-5H3,(H,22,27). The number of anilines is 2. The first-order valence-corrected chi connectivity index (χ1v) is 9.88. The average molecular weight is 378 g/mol. The van der Waals surface area contributed by atoms with Crippen LogP contribution in [0, 0.1) is 5.92 Å². The summed E-state index contributed by atoms with van der Waals surface area (Å²) in [6.45, 7) is 13.0. The number of aliphatic hydroxyl groups is 1. The number of aliphatic hydroxyl groups excluding tert-OH is 1. The van der Waals surface area contributed by atoms with E-state index < -0.39 is 0 Å². The molecule has 152 valence electrons. The molecule has 7 nitrogen and oxygen atoms in total. The molecule has 0 spiro atoms. The predicted molar refractivity (Wildman–Crippen MR) is 110 cm³/mol. The Hall–Kier alpha value is -1.70. The Morgan fingerprint density at radius 2 is 1.89 bits per heavy atom. The van der Waals surface area contributed by atoms with Crippen molar-refractivity contribution in [1.82, 2.24) is 14.8 Å². The van der Waals surface area contributed by atoms with E-state index in [1.54, 1.807) is 6.20 Å². The molecular weight excluding hydrogens is 342 g/mol. The Morgan fingerprint density at radius 3 is 2.41 bits per heavy atom. The molecule has 2 heterocycles. The Labute approximate surface area is 163 Å². The maximum Gasteiger partial charge on any atom is 0.226 e. The topological polar surface area (TPSA) is 71.9 Å². The summed E-state index contributed by atoms with van der Waals surface area (Å²) in [6, 6.07) is 4.30. The molecule has 1 unspecified atom stereocenters. The second-order valence-corrected chi connectivity index (χ2v) is 8.02. The Morgan fingerprint density at radius 1 is 1.22 bits per heavy atom. The fourth-order valence-corrected chi connectivity index (χ4v) is 2.99. The van der Waals surface area contributed by atoms with Gasteiger partial charge in [0.1, 0.15) is 5.82 Å². The summed E-state index contributed by atoms with van der Waals surface area (Å²) in [6.07, 6.45) is 1.39. The van der Waals surface area contributed by atoms with Crippen molar-refractivity contribution in [1.29, 1.82) is 0 Å². The molecule has 1 saturated heterocycles. The van der Waals surface area contributed by atoms with Gasteiger partial charge in [-0.05, 0) is 33.0 Å². The number of hydrogen-bond acceptors (Lipinski definition) is 6. The molecule has 1 atom stereocenters. The van der Waals surface area contributed by atoms with E-state index in [-0.39, 0.29) is 17.9 Å². The number of amides is 1. The second-order valence-electron chi connectivity index (χ2n) is 8.02. The van der Waals surface area contributed by atoms with Crippen molar-refractivity contribution < 1.29 is 9.90 Å². The van der Waals surface area contributed by atoms with Crippen LogP contribution in [0.4, 0.5) is 11.5 Å². The third-order valence-electron chi connectivity index (χ3n) is 5.09. The van der Waals surface area contributed by atoms with Gasteiger partial charge in [-0.1, -0.05) is 13.8 Å². The van der Waals surface area contributed by atoms with Crippen LogP contribution in [0.2, 0.25) is 0 Å². The minimum atomic E-state index is -0.328. The molecule has 0 bridgehead atoms. The van der Waals surface area contributed by atoms with Crippen molar-refractivity contribution in [3.05, 3.63) is 18.3 Å². The minimum absolute atomic E-state index is 0.000154. The molecule has 7 heteroatoms. The molecule has 2 rings (SSSR count). The van der Waals surface area contributed by atoms with Gasteiger partial charge in [0.15, 0.2) is 0 Å². The average Bonchev–Trinajstić information content (AvgIpc) is 2.62. The van der Waals surface area contributed by atoms with E-state index in [1.165, 1.54) is 0 Å². The highest BCUT2D eigenvalue weighted by atomic mass is 16.3. The summed E-state index contributed by atoms with van der Waals surface area (Å²) in [5.74, 6) is 0.880. The van der Waals surface area contributed by atoms with Crippen LogP contribution < -0.4 is 10.2 Å². The number of likely N-dealkylation sites (N-methyl/N-ethyl adjacent to an activating group) is 1. The van der Waals surface area contributed by atoms with Crippen LogP contribution in [-0.4, -0.2) is 84.3 Å². The molecule has 1 aliphatic heterocycles. The van der Waals surface area contributed by atoms with Crippen molar-refractivity contribution in [3.8, 4) is 0 Å². The van der Waals surface area contributed by atoms with E-state index in [1.807, 2.05) is 33.0 Å². The zero-order chi connectivity index (χ0) is 20.0. The number of rotatable bonds is 8. The summed E-state index contributed by atoms with van der Waals surface area (Å²) >= 11 is 0. The van der Waals surface area contributed by atoms with Crippen LogP contribution >= 0.6 is 0 Å². The summed E-state index contributed by atoms with van der Waals surface area (Å²) in [4.78, 5) is 23.0. The van der Waals surface area contributed by atoms with E-state index in [9.17, 15) is 9.90 Å². The van der Waals surface area contributed by atoms with Crippen LogP contribution in [0.1, 0.15) is 27.7 Å². The van der Waals surface area contributed by atoms with Gasteiger partial charge in [-0.2, -0.15) is 0 Å². The van der Waals surface area contributed by atoms with E-state index in [0.29, 0.717) is 19.1 Å². The number of nitrogens with one attached hydrogen (secondary N) is 1. The van der Waals surface area contributed by atoms with Gasteiger partial charge in [-0.15, -0.1) is 0 Å². The lowest BCUT2D eigenvalue weighted by atomic mass is 10.2. The second kappa shape index (κ2) is 10.0. The van der Waals surface area contributed by atoms with Crippen LogP contribution in [0.15, 0.2) is 18.3 Å². The molecule has 0 aliphatic carbocycles. The summed E-state index contributed by atoms with van der Waals surface area (Å²) < 4.78 is 0. The van der Waals surface area contributed by atoms with Gasteiger partial charge >= 0.3 is 0 Å². The van der Waals surface area contributed by atoms with Gasteiger partial charge < -0.3 is 20.2 Å². The quantitative estimate of drug-likeness (QED) is 0.715. The Kier molecular flexibility index (Phi) is 8.01. The highest BCUT2D eigenvalue weighted by Crippen LogP contribution is 2.17. The SMILES string of the molecule is CC(C)C(=O)Nc1ccc(N2CCN(CC(O)CN(C)C(C)C)CC2)nc1. The van der Waals surface area contributed by atoms with E-state index in [2.05, 4.69) is 38.8 Å². The highest BCUT2D eigenvalue weighted by molar-refractivity contribution is 5.91. The first kappa shape index (κ1) is 21.6. The number of β-amino-alcohol motifs (C(OH)–C–C–N with tert-alkyl or cyclic N) is 1. The largest absolute Gasteiger partial charge is 0.390 e. The van der Waals surface area contributed by atoms with Gasteiger partial charge in [0.05, 0.1) is 18.0 Å². The van der Waals surface area contributed by atoms with Crippen molar-refractivity contribution in [2.45, 2.75) is 39.8 Å². The summed E-state index contributed by atoms with van der Waals surface area (Å²) in [5.41, 5.74) is 0.730. The van der Waals surface area contributed by atoms with E-state index in [0.717, 1.165) is 37.7 Å². The predicted octanol–water partition coefficient (Wildman–Crippen LogP) is 1.50. The molecule has 1 aliphatic rings. The Balaban J connectivity index is 1.79. The van der Waals surface area contributed by atoms with Gasteiger partial charge in [0.2, 0.25) is 5.91 Å². The number of piperazine rings is 1. The third-order valence-corrected chi connectivity index (χ3v) is 5.09. The molecule has 2 N–H and O–H groups in total. The molecule has 0 aromatic carbocycles. The number of carbonyl (C=O) groups is 1. The molecule has 1 fully saturated rings. The zero-order valence-electron chi connectivity index (χ0n) is 17.4. The van der Waals surface area contributed by atoms with Crippen molar-refractivity contribution in [2.24, 2.45) is 5.92 Å². The minimum Gasteiger partial charge on any atom is -0.390 e. The van der Waals surface area contributed by atoms with Crippen LogP contribution in [-0.2, 0) is 4.79 Å². The van der Waals surface area contributed by atoms with Gasteiger partial charge in [0, 0.05) is 51.2 Å². The van der Waals surface area contributed by atoms with Crippen molar-refractivity contribution in [3.63, 3.8) is 0 Å². The van der Waals surface area contributed by atoms with Crippen molar-refractivity contribution >= 4 is 17.4 Å². The van der Waals surface area contributed by atoms with Crippen LogP contribution in [0.25, 0.3) is 0 Å². The van der Waals surface area contributed by atoms with Crippen LogP contribution in [0.5, 0.6) is 0 Å². The smallest absolute Gasteiger partial charge is 0.226 e. The van der Waals surface area contributed by atoms with Crippen molar-refractivity contribution in [2.75, 3.05) is 56.5 Å². The fourth-order valence-electron chi connectivity index (χ4n) is 2.99. The molecule has 1 aromatic rings. The Bertz CT molecular complexity index is 583. The number of carbonyl (C=O) groups excluding carboxylic acids is 1. The number of hydrogen-bond donors (Lipinski definition) is 2. The zero-order valence-corrected chi connectivity index (χ0v) is 17.4. The first-order valence-electron chi connectivity index (χ1n) is 9.88. The highest BCUT2D eigenvalue weighted by Gasteiger charge is 2.21. The molecule has 0 saturated carbocycles. The lowest BCUT2D eigenvalue weighted by Gasteiger charge is -2.37. The molecule has 1 aromatic heterocycles. The molecule has 27 heavy (non-hydrogen) atoms. The number of aromatic nitrogens is 1. The third kappa shape index (κ3) is 6.75. The van der Waals surface area contributed by atoms with Gasteiger partial charge in [-0.3, -0.25) is 9.69 Å². The van der Waals surface area contributed by atoms with Gasteiger partial charge in [-0.25, -0.2) is 4.98 Å². The van der Waals surface area contributed by atoms with Gasteiger partial charge in [0.25, 0.3) is 0 Å². The number of pyridine rings is 1. The molecule has 0 radical (unpaired) electrons. The lowest BCUT2D eigenvalue weighted by Crippen LogP contribution is -2.50. The summed E-state index contributed by atoms with van der Waals surface area (Å²) in [5, 5.41) is 13.2. The lowest BCUT2D eigenvalue weighted by molar-refractivity contribution is -0.118. The van der Waals surface area contributed by atoms with E-state index >= 15 is 0 Å². The maximum absolute atomic E-state index is 11.7. The normalized spacial score (nSPS) is 17.0. The molecular formula is C20H35N5O2. The molecule has 1 amide bonds. The van der Waals surface area contributed by atoms with Crippen LogP contribution in [0.3, 0.4) is 0 Å². The van der Waals surface area contributed by atoms with E-state index in [4.69, 9.17) is 0 Å². The number of nitrogens with zero attached hydrogens (tertiary/aromatic N) is 4. The monoisotopic (exact) mass is 377 g/mol. The maximum atomic E-state index is 11.7. The fraction of sp³-hybridized carbons (Fsp3) is 0.700.